The van der Waals surface area contributed by atoms with E-state index in [9.17, 15) is 9.59 Å². The van der Waals surface area contributed by atoms with Crippen LogP contribution in [0.5, 0.6) is 5.75 Å². The Balaban J connectivity index is 2.51. The van der Waals surface area contributed by atoms with Gasteiger partial charge in [0, 0.05) is 19.4 Å². The molecule has 0 aliphatic heterocycles. The van der Waals surface area contributed by atoms with Gasteiger partial charge in [0.15, 0.2) is 0 Å². The van der Waals surface area contributed by atoms with E-state index in [2.05, 4.69) is 4.98 Å². The van der Waals surface area contributed by atoms with Gasteiger partial charge in [0.05, 0.1) is 30.5 Å². The van der Waals surface area contributed by atoms with Gasteiger partial charge in [0.25, 0.3) is 5.91 Å². The molecule has 138 valence electrons. The van der Waals surface area contributed by atoms with Gasteiger partial charge in [-0.3, -0.25) is 9.69 Å². The predicted molar refractivity (Wildman–Crippen MR) is 96.9 cm³/mol. The number of rotatable bonds is 7. The number of aromatic nitrogens is 1. The molecule has 2 aromatic rings. The van der Waals surface area contributed by atoms with Crippen LogP contribution in [0.15, 0.2) is 36.5 Å². The fraction of sp³-hybridized carbons (Fsp3) is 0.278. The normalized spacial score (nSPS) is 10.3. The van der Waals surface area contributed by atoms with Crippen LogP contribution in [0, 0.1) is 0 Å². The number of carbonyl (C=O) groups is 2. The lowest BCUT2D eigenvalue weighted by Gasteiger charge is -2.23. The van der Waals surface area contributed by atoms with E-state index in [1.165, 1.54) is 31.4 Å². The molecule has 0 saturated carbocycles. The third kappa shape index (κ3) is 4.50. The monoisotopic (exact) mass is 378 g/mol. The van der Waals surface area contributed by atoms with Crippen molar-refractivity contribution in [3.8, 4) is 5.75 Å². The molecule has 0 radical (unpaired) electrons. The molecule has 26 heavy (non-hydrogen) atoms. The second kappa shape index (κ2) is 9.17. The summed E-state index contributed by atoms with van der Waals surface area (Å²) < 4.78 is 15.4. The smallest absolute Gasteiger partial charge is 0.338 e. The molecular formula is C18H19ClN2O5. The van der Waals surface area contributed by atoms with E-state index in [1.807, 2.05) is 6.92 Å². The number of hydrogen-bond acceptors (Lipinski definition) is 6. The number of halogens is 1. The van der Waals surface area contributed by atoms with Gasteiger partial charge in [-0.25, -0.2) is 9.78 Å². The average molecular weight is 379 g/mol. The molecule has 0 unspecified atom stereocenters. The predicted octanol–water partition coefficient (Wildman–Crippen LogP) is 3.17. The summed E-state index contributed by atoms with van der Waals surface area (Å²) in [5.74, 6) is -0.539. The van der Waals surface area contributed by atoms with Crippen molar-refractivity contribution in [2.45, 2.75) is 6.92 Å². The van der Waals surface area contributed by atoms with Gasteiger partial charge < -0.3 is 14.2 Å². The van der Waals surface area contributed by atoms with Gasteiger partial charge in [-0.15, -0.1) is 0 Å². The minimum absolute atomic E-state index is 0.0553. The van der Waals surface area contributed by atoms with Gasteiger partial charge in [0.2, 0.25) is 0 Å². The van der Waals surface area contributed by atoms with E-state index in [-0.39, 0.29) is 23.0 Å². The van der Waals surface area contributed by atoms with E-state index in [4.69, 9.17) is 25.8 Å². The van der Waals surface area contributed by atoms with Gasteiger partial charge in [-0.2, -0.15) is 0 Å². The second-order valence-corrected chi connectivity index (χ2v) is 5.49. The number of hydrogen-bond donors (Lipinski definition) is 0. The molecule has 0 fully saturated rings. The quantitative estimate of drug-likeness (QED) is 0.418. The first kappa shape index (κ1) is 19.7. The highest BCUT2D eigenvalue weighted by atomic mass is 35.5. The number of esters is 1. The lowest BCUT2D eigenvalue weighted by molar-refractivity contribution is 0.0599. The maximum atomic E-state index is 12.9. The molecular weight excluding hydrogens is 360 g/mol. The highest BCUT2D eigenvalue weighted by Gasteiger charge is 2.22. The topological polar surface area (TPSA) is 78.0 Å². The largest absolute Gasteiger partial charge is 0.494 e. The summed E-state index contributed by atoms with van der Waals surface area (Å²) in [5, 5.41) is 0.0766. The second-order valence-electron chi connectivity index (χ2n) is 5.13. The standard InChI is InChI=1S/C18H19ClN2O5/c1-4-26-14-9-12(18(23)25-3)8-13(10-14)21(11-24-2)17(22)15-6-5-7-20-16(15)19/h5-10H,4,11H2,1-3H3. The SMILES string of the molecule is CCOc1cc(C(=O)OC)cc(N(COC)C(=O)c2cccnc2Cl)c1. The van der Waals surface area contributed by atoms with Crippen molar-refractivity contribution >= 4 is 29.2 Å². The first-order valence-electron chi connectivity index (χ1n) is 7.79. The van der Waals surface area contributed by atoms with Crippen LogP contribution < -0.4 is 9.64 Å². The van der Waals surface area contributed by atoms with Crippen LogP contribution in [-0.4, -0.2) is 44.4 Å². The summed E-state index contributed by atoms with van der Waals surface area (Å²) in [7, 11) is 2.74. The summed E-state index contributed by atoms with van der Waals surface area (Å²) in [5.41, 5.74) is 0.871. The first-order valence-corrected chi connectivity index (χ1v) is 8.17. The molecule has 7 nitrogen and oxygen atoms in total. The number of pyridine rings is 1. The van der Waals surface area contributed by atoms with Crippen LogP contribution in [0.3, 0.4) is 0 Å². The molecule has 0 N–H and O–H groups in total. The summed E-state index contributed by atoms with van der Waals surface area (Å²) in [6, 6.07) is 7.88. The molecule has 0 bridgehead atoms. The third-order valence-corrected chi connectivity index (χ3v) is 3.73. The molecule has 0 aliphatic carbocycles. The summed E-state index contributed by atoms with van der Waals surface area (Å²) in [6.45, 7) is 2.16. The fourth-order valence-corrected chi connectivity index (χ4v) is 2.50. The van der Waals surface area contributed by atoms with E-state index in [0.717, 1.165) is 0 Å². The van der Waals surface area contributed by atoms with Crippen LogP contribution in [0.25, 0.3) is 0 Å². The van der Waals surface area contributed by atoms with Crippen LogP contribution in [0.2, 0.25) is 5.15 Å². The maximum absolute atomic E-state index is 12.9. The van der Waals surface area contributed by atoms with Crippen LogP contribution in [0.1, 0.15) is 27.6 Å². The molecule has 0 spiro atoms. The fourth-order valence-electron chi connectivity index (χ4n) is 2.30. The number of ether oxygens (including phenoxy) is 3. The van der Waals surface area contributed by atoms with E-state index in [0.29, 0.717) is 18.0 Å². The molecule has 1 aromatic carbocycles. The van der Waals surface area contributed by atoms with E-state index >= 15 is 0 Å². The highest BCUT2D eigenvalue weighted by molar-refractivity contribution is 6.33. The zero-order chi connectivity index (χ0) is 19.1. The number of nitrogens with zero attached hydrogens (tertiary/aromatic N) is 2. The zero-order valence-corrected chi connectivity index (χ0v) is 15.4. The molecule has 1 amide bonds. The van der Waals surface area contributed by atoms with Crippen molar-refractivity contribution < 1.29 is 23.8 Å². The number of anilines is 1. The Morgan fingerprint density at radius 2 is 2.00 bits per heavy atom. The number of benzene rings is 1. The van der Waals surface area contributed by atoms with Gasteiger partial charge in [0.1, 0.15) is 17.6 Å². The Kier molecular flexibility index (Phi) is 6.94. The minimum Gasteiger partial charge on any atom is -0.494 e. The minimum atomic E-state index is -0.544. The van der Waals surface area contributed by atoms with Gasteiger partial charge in [-0.05, 0) is 31.2 Å². The number of amides is 1. The average Bonchev–Trinajstić information content (AvgIpc) is 2.65. The van der Waals surface area contributed by atoms with Crippen LogP contribution in [0.4, 0.5) is 5.69 Å². The molecule has 0 aliphatic rings. The van der Waals surface area contributed by atoms with Crippen LogP contribution >= 0.6 is 11.6 Å². The Morgan fingerprint density at radius 3 is 2.62 bits per heavy atom. The van der Waals surface area contributed by atoms with Gasteiger partial charge >= 0.3 is 5.97 Å². The summed E-state index contributed by atoms with van der Waals surface area (Å²) >= 11 is 6.04. The molecule has 1 heterocycles. The lowest BCUT2D eigenvalue weighted by Crippen LogP contribution is -2.33. The molecule has 0 saturated heterocycles. The Labute approximate surface area is 156 Å². The van der Waals surface area contributed by atoms with Crippen molar-refractivity contribution in [3.63, 3.8) is 0 Å². The first-order chi connectivity index (χ1) is 12.5. The number of carbonyl (C=O) groups excluding carboxylic acids is 2. The number of methoxy groups -OCH3 is 2. The molecule has 2 rings (SSSR count). The molecule has 0 atom stereocenters. The third-order valence-electron chi connectivity index (χ3n) is 3.43. The zero-order valence-electron chi connectivity index (χ0n) is 14.7. The Morgan fingerprint density at radius 1 is 1.23 bits per heavy atom. The van der Waals surface area contributed by atoms with Crippen molar-refractivity contribution in [1.82, 2.24) is 4.98 Å². The summed E-state index contributed by atoms with van der Waals surface area (Å²) in [4.78, 5) is 30.1. The van der Waals surface area contributed by atoms with Crippen LogP contribution in [-0.2, 0) is 9.47 Å². The van der Waals surface area contributed by atoms with E-state index < -0.39 is 11.9 Å². The van der Waals surface area contributed by atoms with Crippen molar-refractivity contribution in [2.75, 3.05) is 32.5 Å². The van der Waals surface area contributed by atoms with Crippen molar-refractivity contribution in [1.29, 1.82) is 0 Å². The van der Waals surface area contributed by atoms with Crippen molar-refractivity contribution in [3.05, 3.63) is 52.8 Å². The highest BCUT2D eigenvalue weighted by Crippen LogP contribution is 2.27. The molecule has 1 aromatic heterocycles. The van der Waals surface area contributed by atoms with Gasteiger partial charge in [-0.1, -0.05) is 11.6 Å². The Hall–Kier alpha value is -2.64. The Bertz CT molecular complexity index is 797. The molecule has 8 heteroatoms. The van der Waals surface area contributed by atoms with E-state index in [1.54, 1.807) is 24.3 Å². The maximum Gasteiger partial charge on any atom is 0.338 e. The van der Waals surface area contributed by atoms with Crippen molar-refractivity contribution in [2.24, 2.45) is 0 Å². The lowest BCUT2D eigenvalue weighted by atomic mass is 10.1. The summed E-state index contributed by atoms with van der Waals surface area (Å²) in [6.07, 6.45) is 1.49.